The van der Waals surface area contributed by atoms with Gasteiger partial charge in [-0.1, -0.05) is 13.3 Å². The predicted molar refractivity (Wildman–Crippen MR) is 76.7 cm³/mol. The second kappa shape index (κ2) is 8.66. The standard InChI is InChI=1S/C15H23FN2O2/c1-2-3-11(6-7-19)9-18-10-13-8-12(15(17)20)4-5-14(13)16/h4-5,8,11,18-19H,2-3,6-7,9-10H2,1H3,(H2,17,20). The molecule has 0 saturated carbocycles. The number of carbonyl (C=O) groups is 1. The number of nitrogens with one attached hydrogen (secondary N) is 1. The Morgan fingerprint density at radius 2 is 2.20 bits per heavy atom. The topological polar surface area (TPSA) is 75.3 Å². The van der Waals surface area contributed by atoms with Gasteiger partial charge in [-0.2, -0.15) is 0 Å². The molecule has 0 spiro atoms. The van der Waals surface area contributed by atoms with Gasteiger partial charge in [0, 0.05) is 24.3 Å². The van der Waals surface area contributed by atoms with Crippen LogP contribution in [0.1, 0.15) is 42.1 Å². The summed E-state index contributed by atoms with van der Waals surface area (Å²) in [5.41, 5.74) is 5.92. The molecule has 0 saturated heterocycles. The summed E-state index contributed by atoms with van der Waals surface area (Å²) < 4.78 is 13.6. The van der Waals surface area contributed by atoms with Gasteiger partial charge in [0.05, 0.1) is 0 Å². The van der Waals surface area contributed by atoms with Crippen LogP contribution >= 0.6 is 0 Å². The molecule has 112 valence electrons. The molecule has 20 heavy (non-hydrogen) atoms. The number of hydrogen-bond donors (Lipinski definition) is 3. The van der Waals surface area contributed by atoms with Gasteiger partial charge in [0.1, 0.15) is 5.82 Å². The second-order valence-corrected chi connectivity index (χ2v) is 4.97. The van der Waals surface area contributed by atoms with Crippen LogP contribution in [0.3, 0.4) is 0 Å². The number of nitrogens with two attached hydrogens (primary N) is 1. The molecule has 4 N–H and O–H groups in total. The SMILES string of the molecule is CCCC(CCO)CNCc1cc(C(N)=O)ccc1F. The number of carbonyl (C=O) groups excluding carboxylic acids is 1. The van der Waals surface area contributed by atoms with Gasteiger partial charge in [0.2, 0.25) is 5.91 Å². The first-order valence-corrected chi connectivity index (χ1v) is 6.98. The number of aliphatic hydroxyl groups excluding tert-OH is 1. The van der Waals surface area contributed by atoms with E-state index < -0.39 is 5.91 Å². The van der Waals surface area contributed by atoms with Crippen molar-refractivity contribution in [3.63, 3.8) is 0 Å². The molecule has 1 atom stereocenters. The highest BCUT2D eigenvalue weighted by Gasteiger charge is 2.09. The molecule has 1 aromatic rings. The lowest BCUT2D eigenvalue weighted by atomic mass is 10.00. The number of primary amides is 1. The van der Waals surface area contributed by atoms with Crippen LogP contribution in [-0.2, 0) is 6.54 Å². The summed E-state index contributed by atoms with van der Waals surface area (Å²) in [7, 11) is 0. The molecule has 0 radical (unpaired) electrons. The largest absolute Gasteiger partial charge is 0.396 e. The van der Waals surface area contributed by atoms with E-state index in [9.17, 15) is 9.18 Å². The van der Waals surface area contributed by atoms with Crippen LogP contribution in [0.2, 0.25) is 0 Å². The molecule has 0 heterocycles. The van der Waals surface area contributed by atoms with Gasteiger partial charge < -0.3 is 16.2 Å². The number of aliphatic hydroxyl groups is 1. The van der Waals surface area contributed by atoms with Crippen molar-refractivity contribution in [2.24, 2.45) is 11.7 Å². The first kappa shape index (κ1) is 16.6. The minimum atomic E-state index is -0.560. The Hall–Kier alpha value is -1.46. The third-order valence-electron chi connectivity index (χ3n) is 3.31. The third kappa shape index (κ3) is 5.27. The van der Waals surface area contributed by atoms with E-state index in [2.05, 4.69) is 12.2 Å². The van der Waals surface area contributed by atoms with Crippen molar-refractivity contribution in [3.8, 4) is 0 Å². The number of halogens is 1. The van der Waals surface area contributed by atoms with Gasteiger partial charge in [0.15, 0.2) is 0 Å². The van der Waals surface area contributed by atoms with Crippen molar-refractivity contribution in [3.05, 3.63) is 35.1 Å². The van der Waals surface area contributed by atoms with E-state index in [4.69, 9.17) is 10.8 Å². The Labute approximate surface area is 119 Å². The van der Waals surface area contributed by atoms with Gasteiger partial charge in [-0.25, -0.2) is 4.39 Å². The molecule has 1 amide bonds. The summed E-state index contributed by atoms with van der Waals surface area (Å²) in [5.74, 6) is -0.528. The molecule has 0 aliphatic carbocycles. The maximum absolute atomic E-state index is 13.6. The van der Waals surface area contributed by atoms with E-state index in [1.165, 1.54) is 18.2 Å². The number of amides is 1. The second-order valence-electron chi connectivity index (χ2n) is 4.97. The normalized spacial score (nSPS) is 12.3. The van der Waals surface area contributed by atoms with Gasteiger partial charge in [-0.3, -0.25) is 4.79 Å². The Morgan fingerprint density at radius 3 is 2.80 bits per heavy atom. The van der Waals surface area contributed by atoms with Crippen molar-refractivity contribution < 1.29 is 14.3 Å². The van der Waals surface area contributed by atoms with Crippen molar-refractivity contribution in [1.29, 1.82) is 0 Å². The van der Waals surface area contributed by atoms with Crippen LogP contribution in [0.4, 0.5) is 4.39 Å². The predicted octanol–water partition coefficient (Wildman–Crippen LogP) is 1.81. The van der Waals surface area contributed by atoms with E-state index in [1.54, 1.807) is 0 Å². The lowest BCUT2D eigenvalue weighted by Gasteiger charge is -2.16. The Balaban J connectivity index is 2.56. The van der Waals surface area contributed by atoms with Gasteiger partial charge >= 0.3 is 0 Å². The van der Waals surface area contributed by atoms with Crippen molar-refractivity contribution in [2.45, 2.75) is 32.7 Å². The van der Waals surface area contributed by atoms with E-state index in [1.807, 2.05) is 0 Å². The molecular weight excluding hydrogens is 259 g/mol. The molecule has 0 aliphatic rings. The van der Waals surface area contributed by atoms with Crippen LogP contribution in [-0.4, -0.2) is 24.2 Å². The fourth-order valence-electron chi connectivity index (χ4n) is 2.21. The fourth-order valence-corrected chi connectivity index (χ4v) is 2.21. The number of rotatable bonds is 9. The van der Waals surface area contributed by atoms with Gasteiger partial charge in [0.25, 0.3) is 0 Å². The first-order chi connectivity index (χ1) is 9.58. The van der Waals surface area contributed by atoms with Crippen LogP contribution in [0.5, 0.6) is 0 Å². The zero-order chi connectivity index (χ0) is 15.0. The zero-order valence-electron chi connectivity index (χ0n) is 11.9. The summed E-state index contributed by atoms with van der Waals surface area (Å²) in [5, 5.41) is 12.2. The lowest BCUT2D eigenvalue weighted by Crippen LogP contribution is -2.24. The maximum atomic E-state index is 13.6. The molecule has 5 heteroatoms. The molecule has 0 aliphatic heterocycles. The van der Waals surface area contributed by atoms with Crippen LogP contribution in [0.15, 0.2) is 18.2 Å². The molecule has 0 aromatic heterocycles. The van der Waals surface area contributed by atoms with E-state index in [0.29, 0.717) is 30.1 Å². The van der Waals surface area contributed by atoms with E-state index in [0.717, 1.165) is 19.3 Å². The smallest absolute Gasteiger partial charge is 0.248 e. The highest BCUT2D eigenvalue weighted by molar-refractivity contribution is 5.92. The Bertz CT molecular complexity index is 432. The van der Waals surface area contributed by atoms with Gasteiger partial charge in [-0.05, 0) is 43.5 Å². The molecule has 1 aromatic carbocycles. The minimum absolute atomic E-state index is 0.165. The highest BCUT2D eigenvalue weighted by Crippen LogP contribution is 2.12. The summed E-state index contributed by atoms with van der Waals surface area (Å²) in [6.07, 6.45) is 2.82. The minimum Gasteiger partial charge on any atom is -0.396 e. The van der Waals surface area contributed by atoms with E-state index in [-0.39, 0.29) is 12.4 Å². The maximum Gasteiger partial charge on any atom is 0.248 e. The summed E-state index contributed by atoms with van der Waals surface area (Å²) in [4.78, 5) is 11.1. The average molecular weight is 282 g/mol. The number of hydrogen-bond acceptors (Lipinski definition) is 3. The highest BCUT2D eigenvalue weighted by atomic mass is 19.1. The third-order valence-corrected chi connectivity index (χ3v) is 3.31. The molecule has 0 bridgehead atoms. The van der Waals surface area contributed by atoms with Crippen LogP contribution < -0.4 is 11.1 Å². The quantitative estimate of drug-likeness (QED) is 0.646. The average Bonchev–Trinajstić information content (AvgIpc) is 2.41. The van der Waals surface area contributed by atoms with Crippen molar-refractivity contribution >= 4 is 5.91 Å². The molecule has 4 nitrogen and oxygen atoms in total. The molecule has 1 unspecified atom stereocenters. The van der Waals surface area contributed by atoms with Gasteiger partial charge in [-0.15, -0.1) is 0 Å². The fraction of sp³-hybridized carbons (Fsp3) is 0.533. The van der Waals surface area contributed by atoms with E-state index >= 15 is 0 Å². The Morgan fingerprint density at radius 1 is 1.45 bits per heavy atom. The van der Waals surface area contributed by atoms with Crippen LogP contribution in [0, 0.1) is 11.7 Å². The summed E-state index contributed by atoms with van der Waals surface area (Å²) in [6.45, 7) is 3.32. The molecule has 1 rings (SSSR count). The molecule has 0 fully saturated rings. The Kier molecular flexibility index (Phi) is 7.18. The monoisotopic (exact) mass is 282 g/mol. The van der Waals surface area contributed by atoms with Crippen molar-refractivity contribution in [1.82, 2.24) is 5.32 Å². The summed E-state index contributed by atoms with van der Waals surface area (Å²) in [6, 6.07) is 4.12. The van der Waals surface area contributed by atoms with Crippen LogP contribution in [0.25, 0.3) is 0 Å². The molecular formula is C15H23FN2O2. The zero-order valence-corrected chi connectivity index (χ0v) is 11.9. The lowest BCUT2D eigenvalue weighted by molar-refractivity contribution is 0.1000. The van der Waals surface area contributed by atoms with Crippen molar-refractivity contribution in [2.75, 3.05) is 13.2 Å². The number of benzene rings is 1. The first-order valence-electron chi connectivity index (χ1n) is 6.98. The summed E-state index contributed by atoms with van der Waals surface area (Å²) >= 11 is 0.